The minimum absolute atomic E-state index is 0.0430. The number of sulfonamides is 1. The van der Waals surface area contributed by atoms with Gasteiger partial charge in [-0.25, -0.2) is 13.1 Å². The third kappa shape index (κ3) is 4.42. The van der Waals surface area contributed by atoms with Gasteiger partial charge in [0.05, 0.1) is 24.7 Å². The zero-order valence-electron chi connectivity index (χ0n) is 14.0. The zero-order chi connectivity index (χ0) is 18.6. The number of hydrogen-bond acceptors (Lipinski definition) is 4. The molecule has 1 amide bonds. The van der Waals surface area contributed by atoms with Gasteiger partial charge in [-0.15, -0.1) is 0 Å². The summed E-state index contributed by atoms with van der Waals surface area (Å²) in [5.41, 5.74) is 0.988. The highest BCUT2D eigenvalue weighted by atomic mass is 35.5. The van der Waals surface area contributed by atoms with E-state index in [-0.39, 0.29) is 28.5 Å². The van der Waals surface area contributed by atoms with Crippen molar-refractivity contribution in [3.63, 3.8) is 0 Å². The van der Waals surface area contributed by atoms with E-state index in [2.05, 4.69) is 4.72 Å². The molecule has 1 atom stereocenters. The van der Waals surface area contributed by atoms with Gasteiger partial charge in [0.2, 0.25) is 15.9 Å². The van der Waals surface area contributed by atoms with E-state index in [0.717, 1.165) is 5.56 Å². The number of morpholine rings is 1. The van der Waals surface area contributed by atoms with Crippen molar-refractivity contribution in [3.8, 4) is 0 Å². The van der Waals surface area contributed by atoms with Gasteiger partial charge < -0.3 is 9.64 Å². The predicted octanol–water partition coefficient (Wildman–Crippen LogP) is 2.22. The standard InChI is InChI=1S/C18H19ClN2O4S/c19-15-8-4-5-9-17(15)26(23,24)20-12-18(22)21-10-11-25-16(13-21)14-6-2-1-3-7-14/h1-9,16,20H,10-13H2/t16-/m0/s1. The molecule has 2 aromatic carbocycles. The summed E-state index contributed by atoms with van der Waals surface area (Å²) in [5, 5.41) is 0.114. The molecule has 0 radical (unpaired) electrons. The first kappa shape index (κ1) is 18.8. The van der Waals surface area contributed by atoms with Gasteiger partial charge in [-0.3, -0.25) is 4.79 Å². The van der Waals surface area contributed by atoms with Gasteiger partial charge in [-0.1, -0.05) is 54.1 Å². The summed E-state index contributed by atoms with van der Waals surface area (Å²) in [5.74, 6) is -0.301. The summed E-state index contributed by atoms with van der Waals surface area (Å²) in [7, 11) is -3.85. The average molecular weight is 395 g/mol. The van der Waals surface area contributed by atoms with Gasteiger partial charge in [0.15, 0.2) is 0 Å². The number of halogens is 1. The van der Waals surface area contributed by atoms with Crippen LogP contribution in [0.15, 0.2) is 59.5 Å². The molecular formula is C18H19ClN2O4S. The van der Waals surface area contributed by atoms with E-state index >= 15 is 0 Å². The molecule has 138 valence electrons. The number of carbonyl (C=O) groups excluding carboxylic acids is 1. The van der Waals surface area contributed by atoms with E-state index in [0.29, 0.717) is 19.7 Å². The Morgan fingerprint density at radius 3 is 2.58 bits per heavy atom. The van der Waals surface area contributed by atoms with Crippen molar-refractivity contribution < 1.29 is 17.9 Å². The Morgan fingerprint density at radius 1 is 1.15 bits per heavy atom. The molecule has 0 unspecified atom stereocenters. The fourth-order valence-corrected chi connectivity index (χ4v) is 4.25. The van der Waals surface area contributed by atoms with Crippen LogP contribution in [-0.2, 0) is 19.6 Å². The van der Waals surface area contributed by atoms with Gasteiger partial charge in [0.1, 0.15) is 11.0 Å². The highest BCUT2D eigenvalue weighted by Crippen LogP contribution is 2.22. The molecule has 1 aliphatic heterocycles. The van der Waals surface area contributed by atoms with E-state index < -0.39 is 10.0 Å². The van der Waals surface area contributed by atoms with Crippen LogP contribution in [0.2, 0.25) is 5.02 Å². The Bertz CT molecular complexity index is 874. The molecule has 8 heteroatoms. The molecule has 6 nitrogen and oxygen atoms in total. The van der Waals surface area contributed by atoms with Crippen molar-refractivity contribution in [1.29, 1.82) is 0 Å². The number of ether oxygens (including phenoxy) is 1. The molecule has 0 spiro atoms. The number of rotatable bonds is 5. The van der Waals surface area contributed by atoms with E-state index in [4.69, 9.17) is 16.3 Å². The lowest BCUT2D eigenvalue weighted by Crippen LogP contribution is -2.46. The first-order valence-electron chi connectivity index (χ1n) is 8.16. The first-order chi connectivity index (χ1) is 12.5. The van der Waals surface area contributed by atoms with E-state index in [9.17, 15) is 13.2 Å². The first-order valence-corrected chi connectivity index (χ1v) is 10.0. The number of benzene rings is 2. The van der Waals surface area contributed by atoms with Crippen molar-refractivity contribution in [1.82, 2.24) is 9.62 Å². The molecule has 1 fully saturated rings. The number of nitrogens with one attached hydrogen (secondary N) is 1. The number of nitrogens with zero attached hydrogens (tertiary/aromatic N) is 1. The fraction of sp³-hybridized carbons (Fsp3) is 0.278. The van der Waals surface area contributed by atoms with Crippen molar-refractivity contribution in [2.75, 3.05) is 26.2 Å². The van der Waals surface area contributed by atoms with Crippen LogP contribution in [0.1, 0.15) is 11.7 Å². The summed E-state index contributed by atoms with van der Waals surface area (Å²) in [6.45, 7) is 0.893. The molecule has 1 N–H and O–H groups in total. The number of hydrogen-bond donors (Lipinski definition) is 1. The molecule has 26 heavy (non-hydrogen) atoms. The largest absolute Gasteiger partial charge is 0.370 e. The molecule has 1 saturated heterocycles. The van der Waals surface area contributed by atoms with Gasteiger partial charge >= 0.3 is 0 Å². The van der Waals surface area contributed by atoms with Gasteiger partial charge in [-0.05, 0) is 17.7 Å². The summed E-state index contributed by atoms with van der Waals surface area (Å²) in [6, 6.07) is 15.7. The minimum atomic E-state index is -3.85. The maximum Gasteiger partial charge on any atom is 0.242 e. The average Bonchev–Trinajstić information content (AvgIpc) is 2.67. The third-order valence-corrected chi connectivity index (χ3v) is 6.03. The summed E-state index contributed by atoms with van der Waals surface area (Å²) in [6.07, 6.45) is -0.214. The Labute approximate surface area is 157 Å². The van der Waals surface area contributed by atoms with E-state index in [1.165, 1.54) is 12.1 Å². The van der Waals surface area contributed by atoms with Gasteiger partial charge in [0, 0.05) is 6.54 Å². The lowest BCUT2D eigenvalue weighted by Gasteiger charge is -2.33. The highest BCUT2D eigenvalue weighted by molar-refractivity contribution is 7.89. The Balaban J connectivity index is 1.62. The highest BCUT2D eigenvalue weighted by Gasteiger charge is 2.26. The minimum Gasteiger partial charge on any atom is -0.370 e. The van der Waals surface area contributed by atoms with Crippen molar-refractivity contribution in [2.24, 2.45) is 0 Å². The van der Waals surface area contributed by atoms with Crippen LogP contribution in [-0.4, -0.2) is 45.5 Å². The van der Waals surface area contributed by atoms with Crippen LogP contribution in [0.3, 0.4) is 0 Å². The van der Waals surface area contributed by atoms with E-state index in [1.807, 2.05) is 30.3 Å². The zero-order valence-corrected chi connectivity index (χ0v) is 15.5. The predicted molar refractivity (Wildman–Crippen MR) is 98.4 cm³/mol. The molecular weight excluding hydrogens is 376 g/mol. The van der Waals surface area contributed by atoms with Crippen molar-refractivity contribution in [3.05, 3.63) is 65.2 Å². The van der Waals surface area contributed by atoms with Crippen LogP contribution < -0.4 is 4.72 Å². The second-order valence-electron chi connectivity index (χ2n) is 5.86. The third-order valence-electron chi connectivity index (χ3n) is 4.13. The van der Waals surface area contributed by atoms with Crippen LogP contribution >= 0.6 is 11.6 Å². The van der Waals surface area contributed by atoms with Crippen LogP contribution in [0.5, 0.6) is 0 Å². The Morgan fingerprint density at radius 2 is 1.85 bits per heavy atom. The van der Waals surface area contributed by atoms with Gasteiger partial charge in [0.25, 0.3) is 0 Å². The second-order valence-corrected chi connectivity index (χ2v) is 8.01. The Hall–Kier alpha value is -1.93. The lowest BCUT2D eigenvalue weighted by atomic mass is 10.1. The second kappa shape index (κ2) is 8.18. The molecule has 1 aliphatic rings. The molecule has 0 bridgehead atoms. The van der Waals surface area contributed by atoms with Gasteiger partial charge in [-0.2, -0.15) is 0 Å². The number of carbonyl (C=O) groups is 1. The Kier molecular flexibility index (Phi) is 5.93. The fourth-order valence-electron chi connectivity index (χ4n) is 2.75. The lowest BCUT2D eigenvalue weighted by molar-refractivity contribution is -0.137. The normalized spacial score (nSPS) is 17.9. The summed E-state index contributed by atoms with van der Waals surface area (Å²) < 4.78 is 32.7. The molecule has 1 heterocycles. The quantitative estimate of drug-likeness (QED) is 0.843. The van der Waals surface area contributed by atoms with Crippen LogP contribution in [0.4, 0.5) is 0 Å². The van der Waals surface area contributed by atoms with Crippen LogP contribution in [0.25, 0.3) is 0 Å². The maximum atomic E-state index is 12.4. The summed E-state index contributed by atoms with van der Waals surface area (Å²) in [4.78, 5) is 14.0. The van der Waals surface area contributed by atoms with Crippen molar-refractivity contribution in [2.45, 2.75) is 11.0 Å². The summed E-state index contributed by atoms with van der Waals surface area (Å²) >= 11 is 5.93. The molecule has 2 aromatic rings. The number of amides is 1. The monoisotopic (exact) mass is 394 g/mol. The smallest absolute Gasteiger partial charge is 0.242 e. The van der Waals surface area contributed by atoms with E-state index in [1.54, 1.807) is 17.0 Å². The molecule has 0 saturated carbocycles. The topological polar surface area (TPSA) is 75.7 Å². The molecule has 0 aromatic heterocycles. The van der Waals surface area contributed by atoms with Crippen molar-refractivity contribution >= 4 is 27.5 Å². The van der Waals surface area contributed by atoms with Crippen LogP contribution in [0, 0.1) is 0 Å². The molecule has 3 rings (SSSR count). The SMILES string of the molecule is O=C(CNS(=O)(=O)c1ccccc1Cl)N1CCO[C@H](c2ccccc2)C1. The molecule has 0 aliphatic carbocycles. The maximum absolute atomic E-state index is 12.4.